The highest BCUT2D eigenvalue weighted by Crippen LogP contribution is 2.39. The van der Waals surface area contributed by atoms with Crippen molar-refractivity contribution >= 4 is 16.4 Å². The summed E-state index contributed by atoms with van der Waals surface area (Å²) in [5.41, 5.74) is 2.58. The van der Waals surface area contributed by atoms with E-state index in [4.69, 9.17) is 9.16 Å². The Bertz CT molecular complexity index is 607. The third kappa shape index (κ3) is 5.70. The summed E-state index contributed by atoms with van der Waals surface area (Å²) in [6.07, 6.45) is 3.12. The van der Waals surface area contributed by atoms with E-state index in [1.165, 1.54) is 17.2 Å². The fourth-order valence-corrected chi connectivity index (χ4v) is 5.29. The van der Waals surface area contributed by atoms with Crippen LogP contribution in [-0.4, -0.2) is 16.4 Å². The average molecular weight is 347 g/mol. The summed E-state index contributed by atoms with van der Waals surface area (Å²) in [5, 5.41) is 0. The zero-order valence-corrected chi connectivity index (χ0v) is 17.4. The average Bonchev–Trinajstić information content (AvgIpc) is 2.34. The smallest absolute Gasteiger partial charge is 0.267 e. The zero-order chi connectivity index (χ0) is 17.3. The Balaban J connectivity index is 2.22. The van der Waals surface area contributed by atoms with Gasteiger partial charge in [0.25, 0.3) is 5.95 Å². The first kappa shape index (κ1) is 18.1. The molecule has 0 saturated heterocycles. The minimum atomic E-state index is -1.68. The van der Waals surface area contributed by atoms with E-state index in [2.05, 4.69) is 64.1 Å². The van der Waals surface area contributed by atoms with Gasteiger partial charge in [-0.1, -0.05) is 43.4 Å². The molecule has 1 aromatic rings. The van der Waals surface area contributed by atoms with Crippen molar-refractivity contribution in [2.75, 3.05) is 0 Å². The van der Waals surface area contributed by atoms with Crippen molar-refractivity contribution in [3.8, 4) is 5.75 Å². The first-order valence-corrected chi connectivity index (χ1v) is 15.5. The molecule has 1 atom stereocenters. The maximum atomic E-state index is 6.11. The molecule has 4 heteroatoms. The van der Waals surface area contributed by atoms with Crippen LogP contribution in [0.4, 0.5) is 0 Å². The van der Waals surface area contributed by atoms with Crippen molar-refractivity contribution in [3.63, 3.8) is 0 Å². The first-order chi connectivity index (χ1) is 10.5. The van der Waals surface area contributed by atoms with Crippen LogP contribution in [0.1, 0.15) is 17.9 Å². The molecule has 126 valence electrons. The lowest BCUT2D eigenvalue weighted by atomic mass is 9.91. The van der Waals surface area contributed by atoms with Crippen molar-refractivity contribution in [1.82, 2.24) is 0 Å². The molecule has 0 saturated carbocycles. The van der Waals surface area contributed by atoms with E-state index in [9.17, 15) is 0 Å². The summed E-state index contributed by atoms with van der Waals surface area (Å²) in [5.74, 6) is 1.90. The van der Waals surface area contributed by atoms with E-state index in [0.717, 1.165) is 12.2 Å². The summed E-state index contributed by atoms with van der Waals surface area (Å²) in [6, 6.07) is 9.46. The van der Waals surface area contributed by atoms with Crippen molar-refractivity contribution in [2.24, 2.45) is 0 Å². The third-order valence-corrected chi connectivity index (χ3v) is 5.94. The molecule has 0 spiro atoms. The molecule has 0 amide bonds. The minimum Gasteiger partial charge on any atom is -0.520 e. The van der Waals surface area contributed by atoms with Gasteiger partial charge in [-0.25, -0.2) is 0 Å². The molecule has 1 aromatic carbocycles. The molecule has 0 aromatic heterocycles. The van der Waals surface area contributed by atoms with E-state index < -0.39 is 16.4 Å². The standard InChI is InChI=1S/C19H30O2Si2/c1-15(14-22(2,3)4)12-16-13-19(21-23(5,6)7)20-18-11-9-8-10-17(16)18/h8-11,13,16H,1,12,14H2,2-7H3. The lowest BCUT2D eigenvalue weighted by Crippen LogP contribution is -2.28. The van der Waals surface area contributed by atoms with Crippen molar-refractivity contribution in [2.45, 2.75) is 57.7 Å². The maximum absolute atomic E-state index is 6.11. The second-order valence-electron chi connectivity index (χ2n) is 8.64. The van der Waals surface area contributed by atoms with Crippen molar-refractivity contribution in [3.05, 3.63) is 54.0 Å². The van der Waals surface area contributed by atoms with E-state index in [1.807, 2.05) is 12.1 Å². The topological polar surface area (TPSA) is 18.5 Å². The van der Waals surface area contributed by atoms with E-state index in [0.29, 0.717) is 11.9 Å². The predicted octanol–water partition coefficient (Wildman–Crippen LogP) is 6.14. The lowest BCUT2D eigenvalue weighted by Gasteiger charge is -2.29. The number of allylic oxidation sites excluding steroid dienone is 2. The highest BCUT2D eigenvalue weighted by Gasteiger charge is 2.27. The first-order valence-electron chi connectivity index (χ1n) is 8.38. The Kier molecular flexibility index (Phi) is 5.26. The second-order valence-corrected chi connectivity index (χ2v) is 18.5. The summed E-state index contributed by atoms with van der Waals surface area (Å²) < 4.78 is 12.1. The van der Waals surface area contributed by atoms with E-state index in [1.54, 1.807) is 0 Å². The molecule has 0 bridgehead atoms. The summed E-state index contributed by atoms with van der Waals surface area (Å²) in [4.78, 5) is 0. The lowest BCUT2D eigenvalue weighted by molar-refractivity contribution is 0.209. The molecular formula is C19H30O2Si2. The zero-order valence-electron chi connectivity index (χ0n) is 15.4. The van der Waals surface area contributed by atoms with Gasteiger partial charge in [-0.05, 0) is 38.2 Å². The van der Waals surface area contributed by atoms with Crippen LogP contribution in [0.3, 0.4) is 0 Å². The Morgan fingerprint density at radius 3 is 2.39 bits per heavy atom. The number of benzene rings is 1. The van der Waals surface area contributed by atoms with Crippen LogP contribution in [0.25, 0.3) is 0 Å². The highest BCUT2D eigenvalue weighted by atomic mass is 28.4. The maximum Gasteiger partial charge on any atom is 0.267 e. The molecule has 2 rings (SSSR count). The summed E-state index contributed by atoms with van der Waals surface area (Å²) in [7, 11) is -2.81. The number of rotatable bonds is 6. The summed E-state index contributed by atoms with van der Waals surface area (Å²) >= 11 is 0. The minimum absolute atomic E-state index is 0.301. The van der Waals surface area contributed by atoms with Gasteiger partial charge in [-0.3, -0.25) is 0 Å². The van der Waals surface area contributed by atoms with E-state index in [-0.39, 0.29) is 0 Å². The van der Waals surface area contributed by atoms with Crippen molar-refractivity contribution in [1.29, 1.82) is 0 Å². The van der Waals surface area contributed by atoms with Crippen LogP contribution in [0.5, 0.6) is 5.75 Å². The van der Waals surface area contributed by atoms with Gasteiger partial charge in [0, 0.05) is 25.6 Å². The Labute approximate surface area is 143 Å². The monoisotopic (exact) mass is 346 g/mol. The molecule has 0 radical (unpaired) electrons. The second kappa shape index (κ2) is 6.69. The van der Waals surface area contributed by atoms with Gasteiger partial charge in [0.05, 0.1) is 0 Å². The van der Waals surface area contributed by atoms with Crippen LogP contribution in [-0.2, 0) is 4.43 Å². The van der Waals surface area contributed by atoms with Crippen LogP contribution in [0.15, 0.2) is 48.4 Å². The normalized spacial score (nSPS) is 17.8. The number of para-hydroxylation sites is 1. The molecule has 0 aliphatic carbocycles. The van der Waals surface area contributed by atoms with Gasteiger partial charge in [-0.2, -0.15) is 0 Å². The van der Waals surface area contributed by atoms with Gasteiger partial charge >= 0.3 is 0 Å². The van der Waals surface area contributed by atoms with Gasteiger partial charge in [0.2, 0.25) is 8.32 Å². The Morgan fingerprint density at radius 1 is 1.13 bits per heavy atom. The molecule has 1 heterocycles. The molecule has 2 nitrogen and oxygen atoms in total. The largest absolute Gasteiger partial charge is 0.520 e. The highest BCUT2D eigenvalue weighted by molar-refractivity contribution is 6.76. The molecular weight excluding hydrogens is 316 g/mol. The van der Waals surface area contributed by atoms with Gasteiger partial charge in [-0.15, -0.1) is 6.58 Å². The fraction of sp³-hybridized carbons (Fsp3) is 0.474. The number of ether oxygens (including phenoxy) is 1. The number of hydrogen-bond donors (Lipinski definition) is 0. The third-order valence-electron chi connectivity index (χ3n) is 3.56. The van der Waals surface area contributed by atoms with Crippen LogP contribution < -0.4 is 4.74 Å². The van der Waals surface area contributed by atoms with Gasteiger partial charge in [0.1, 0.15) is 5.75 Å². The quantitative estimate of drug-likeness (QED) is 0.455. The van der Waals surface area contributed by atoms with Crippen LogP contribution >= 0.6 is 0 Å². The van der Waals surface area contributed by atoms with E-state index >= 15 is 0 Å². The predicted molar refractivity (Wildman–Crippen MR) is 104 cm³/mol. The van der Waals surface area contributed by atoms with Crippen molar-refractivity contribution < 1.29 is 9.16 Å². The Morgan fingerprint density at radius 2 is 1.78 bits per heavy atom. The molecule has 23 heavy (non-hydrogen) atoms. The van der Waals surface area contributed by atoms with Crippen LogP contribution in [0, 0.1) is 0 Å². The Hall–Kier alpha value is -1.27. The number of hydrogen-bond acceptors (Lipinski definition) is 2. The molecule has 1 aliphatic heterocycles. The number of fused-ring (bicyclic) bond motifs is 1. The molecule has 0 fully saturated rings. The van der Waals surface area contributed by atoms with Gasteiger partial charge < -0.3 is 9.16 Å². The summed E-state index contributed by atoms with van der Waals surface area (Å²) in [6.45, 7) is 18.1. The SMILES string of the molecule is C=C(CC1C=C(O[Si](C)(C)C)Oc2ccccc21)C[Si](C)(C)C. The molecule has 0 N–H and O–H groups in total. The molecule has 1 unspecified atom stereocenters. The fourth-order valence-electron chi connectivity index (χ4n) is 2.93. The van der Waals surface area contributed by atoms with Gasteiger partial charge in [0.15, 0.2) is 0 Å². The van der Waals surface area contributed by atoms with Crippen LogP contribution in [0.2, 0.25) is 45.3 Å². The molecule has 1 aliphatic rings.